The van der Waals surface area contributed by atoms with E-state index in [0.29, 0.717) is 5.92 Å². The Hall–Kier alpha value is -0.960. The second kappa shape index (κ2) is 4.27. The Kier molecular flexibility index (Phi) is 2.66. The highest BCUT2D eigenvalue weighted by molar-refractivity contribution is 5.25. The number of rotatable bonds is 4. The van der Waals surface area contributed by atoms with Gasteiger partial charge in [0.15, 0.2) is 0 Å². The van der Waals surface area contributed by atoms with Crippen molar-refractivity contribution in [3.8, 4) is 0 Å². The zero-order valence-electron chi connectivity index (χ0n) is 11.3. The first-order chi connectivity index (χ1) is 9.31. The predicted molar refractivity (Wildman–Crippen MR) is 71.9 cm³/mol. The van der Waals surface area contributed by atoms with Crippen molar-refractivity contribution in [1.82, 2.24) is 10.3 Å². The molecule has 1 heterocycles. The molecule has 5 atom stereocenters. The maximum Gasteiger partial charge on any atom is 0.146 e. The van der Waals surface area contributed by atoms with Crippen LogP contribution < -0.4 is 5.32 Å². The van der Waals surface area contributed by atoms with Crippen molar-refractivity contribution in [2.45, 2.75) is 32.2 Å². The third-order valence-corrected chi connectivity index (χ3v) is 5.74. The van der Waals surface area contributed by atoms with E-state index in [-0.39, 0.29) is 11.9 Å². The van der Waals surface area contributed by atoms with E-state index in [2.05, 4.69) is 17.2 Å². The molecule has 3 fully saturated rings. The van der Waals surface area contributed by atoms with E-state index in [1.54, 1.807) is 6.20 Å². The minimum atomic E-state index is -0.147. The highest BCUT2D eigenvalue weighted by Gasteiger charge is 2.66. The molecule has 0 aliphatic heterocycles. The summed E-state index contributed by atoms with van der Waals surface area (Å²) >= 11 is 0. The SMILES string of the molecule is CCNC(c1ccncc1F)C1C2C3CCC(C3)C21. The lowest BCUT2D eigenvalue weighted by Crippen LogP contribution is -2.26. The topological polar surface area (TPSA) is 24.9 Å². The van der Waals surface area contributed by atoms with Gasteiger partial charge in [-0.05, 0) is 61.5 Å². The van der Waals surface area contributed by atoms with Crippen LogP contribution in [0.15, 0.2) is 18.5 Å². The van der Waals surface area contributed by atoms with Crippen molar-refractivity contribution >= 4 is 0 Å². The molecule has 5 unspecified atom stereocenters. The van der Waals surface area contributed by atoms with Gasteiger partial charge >= 0.3 is 0 Å². The molecule has 3 saturated carbocycles. The lowest BCUT2D eigenvalue weighted by atomic mass is 9.93. The first-order valence-corrected chi connectivity index (χ1v) is 7.64. The molecule has 1 aromatic rings. The molecule has 0 saturated heterocycles. The summed E-state index contributed by atoms with van der Waals surface area (Å²) in [6.07, 6.45) is 7.35. The minimum Gasteiger partial charge on any atom is -0.310 e. The number of hydrogen-bond acceptors (Lipinski definition) is 2. The smallest absolute Gasteiger partial charge is 0.146 e. The van der Waals surface area contributed by atoms with E-state index in [0.717, 1.165) is 35.8 Å². The van der Waals surface area contributed by atoms with E-state index >= 15 is 0 Å². The summed E-state index contributed by atoms with van der Waals surface area (Å²) < 4.78 is 14.0. The predicted octanol–water partition coefficient (Wildman–Crippen LogP) is 3.16. The van der Waals surface area contributed by atoms with Gasteiger partial charge in [0.2, 0.25) is 0 Å². The fourth-order valence-electron chi connectivity index (χ4n) is 5.15. The van der Waals surface area contributed by atoms with Crippen LogP contribution in [0.5, 0.6) is 0 Å². The van der Waals surface area contributed by atoms with Gasteiger partial charge in [-0.15, -0.1) is 0 Å². The number of halogens is 1. The van der Waals surface area contributed by atoms with Gasteiger partial charge < -0.3 is 5.32 Å². The molecule has 0 radical (unpaired) electrons. The summed E-state index contributed by atoms with van der Waals surface area (Å²) in [7, 11) is 0. The van der Waals surface area contributed by atoms with Crippen LogP contribution in [0.4, 0.5) is 4.39 Å². The highest BCUT2D eigenvalue weighted by atomic mass is 19.1. The third kappa shape index (κ3) is 1.67. The van der Waals surface area contributed by atoms with Gasteiger partial charge in [0.1, 0.15) is 5.82 Å². The summed E-state index contributed by atoms with van der Waals surface area (Å²) in [5, 5.41) is 3.53. The van der Waals surface area contributed by atoms with Crippen molar-refractivity contribution in [3.05, 3.63) is 29.8 Å². The van der Waals surface area contributed by atoms with Crippen molar-refractivity contribution in [3.63, 3.8) is 0 Å². The lowest BCUT2D eigenvalue weighted by molar-refractivity contribution is 0.366. The molecule has 3 heteroatoms. The number of nitrogens with one attached hydrogen (secondary N) is 1. The van der Waals surface area contributed by atoms with Gasteiger partial charge in [0, 0.05) is 17.8 Å². The number of nitrogens with zero attached hydrogens (tertiary/aromatic N) is 1. The van der Waals surface area contributed by atoms with Gasteiger partial charge in [-0.3, -0.25) is 4.98 Å². The van der Waals surface area contributed by atoms with Crippen molar-refractivity contribution in [2.75, 3.05) is 6.54 Å². The normalized spacial score (nSPS) is 40.2. The van der Waals surface area contributed by atoms with Crippen LogP contribution in [-0.4, -0.2) is 11.5 Å². The summed E-state index contributed by atoms with van der Waals surface area (Å²) in [6.45, 7) is 3.01. The van der Waals surface area contributed by atoms with Gasteiger partial charge in [-0.25, -0.2) is 4.39 Å². The van der Waals surface area contributed by atoms with E-state index in [4.69, 9.17) is 0 Å². The Morgan fingerprint density at radius 1 is 1.37 bits per heavy atom. The van der Waals surface area contributed by atoms with Crippen LogP contribution in [0.1, 0.15) is 37.8 Å². The van der Waals surface area contributed by atoms with Crippen LogP contribution in [0, 0.1) is 35.4 Å². The molecular formula is C16H21FN2. The first-order valence-electron chi connectivity index (χ1n) is 7.64. The molecule has 1 aromatic heterocycles. The molecule has 2 nitrogen and oxygen atoms in total. The van der Waals surface area contributed by atoms with Crippen molar-refractivity contribution < 1.29 is 4.39 Å². The minimum absolute atomic E-state index is 0.147. The van der Waals surface area contributed by atoms with Crippen LogP contribution >= 0.6 is 0 Å². The van der Waals surface area contributed by atoms with E-state index in [1.165, 1.54) is 25.5 Å². The fraction of sp³-hybridized carbons (Fsp3) is 0.688. The molecule has 0 spiro atoms. The number of fused-ring (bicyclic) bond motifs is 5. The van der Waals surface area contributed by atoms with Crippen molar-refractivity contribution in [1.29, 1.82) is 0 Å². The number of hydrogen-bond donors (Lipinski definition) is 1. The van der Waals surface area contributed by atoms with E-state index in [9.17, 15) is 4.39 Å². The van der Waals surface area contributed by atoms with E-state index < -0.39 is 0 Å². The summed E-state index contributed by atoms with van der Waals surface area (Å²) in [4.78, 5) is 3.88. The fourth-order valence-corrected chi connectivity index (χ4v) is 5.15. The molecule has 2 bridgehead atoms. The number of aromatic nitrogens is 1. The second-order valence-electron chi connectivity index (χ2n) is 6.50. The van der Waals surface area contributed by atoms with Crippen LogP contribution in [0.3, 0.4) is 0 Å². The second-order valence-corrected chi connectivity index (χ2v) is 6.50. The Balaban J connectivity index is 1.62. The Morgan fingerprint density at radius 3 is 2.74 bits per heavy atom. The zero-order chi connectivity index (χ0) is 13.0. The molecule has 19 heavy (non-hydrogen) atoms. The van der Waals surface area contributed by atoms with Crippen LogP contribution in [0.25, 0.3) is 0 Å². The third-order valence-electron chi connectivity index (χ3n) is 5.74. The van der Waals surface area contributed by atoms with Gasteiger partial charge in [-0.2, -0.15) is 0 Å². The summed E-state index contributed by atoms with van der Waals surface area (Å²) in [6, 6.07) is 2.06. The Labute approximate surface area is 113 Å². The summed E-state index contributed by atoms with van der Waals surface area (Å²) in [5.74, 6) is 4.14. The van der Waals surface area contributed by atoms with Gasteiger partial charge in [0.25, 0.3) is 0 Å². The molecule has 3 aliphatic rings. The molecule has 0 amide bonds. The van der Waals surface area contributed by atoms with Crippen LogP contribution in [0.2, 0.25) is 0 Å². The molecular weight excluding hydrogens is 239 g/mol. The van der Waals surface area contributed by atoms with Gasteiger partial charge in [-0.1, -0.05) is 6.92 Å². The molecule has 102 valence electrons. The number of pyridine rings is 1. The first kappa shape index (κ1) is 11.8. The van der Waals surface area contributed by atoms with Crippen LogP contribution in [-0.2, 0) is 0 Å². The largest absolute Gasteiger partial charge is 0.310 e. The Morgan fingerprint density at radius 2 is 2.11 bits per heavy atom. The molecule has 4 rings (SSSR count). The lowest BCUT2D eigenvalue weighted by Gasteiger charge is -2.22. The standard InChI is InChI=1S/C16H21FN2/c1-2-19-16(11-5-6-18-8-12(11)17)15-13-9-3-4-10(7-9)14(13)15/h5-6,8-10,13-16,19H,2-4,7H2,1H3. The van der Waals surface area contributed by atoms with Gasteiger partial charge in [0.05, 0.1) is 6.20 Å². The zero-order valence-corrected chi connectivity index (χ0v) is 11.3. The molecule has 1 N–H and O–H groups in total. The van der Waals surface area contributed by atoms with Crippen molar-refractivity contribution in [2.24, 2.45) is 29.6 Å². The Bertz CT molecular complexity index is 473. The monoisotopic (exact) mass is 260 g/mol. The average Bonchev–Trinajstić information content (AvgIpc) is 2.84. The maximum absolute atomic E-state index is 14.0. The molecule has 0 aromatic carbocycles. The molecule has 3 aliphatic carbocycles. The quantitative estimate of drug-likeness (QED) is 0.899. The van der Waals surface area contributed by atoms with E-state index in [1.807, 2.05) is 6.07 Å². The summed E-state index contributed by atoms with van der Waals surface area (Å²) in [5.41, 5.74) is 0.829. The highest BCUT2D eigenvalue weighted by Crippen LogP contribution is 2.72. The average molecular weight is 260 g/mol. The maximum atomic E-state index is 14.0.